The monoisotopic (exact) mass is 504 g/mol. The van der Waals surface area contributed by atoms with Gasteiger partial charge in [0.2, 0.25) is 11.8 Å². The van der Waals surface area contributed by atoms with Gasteiger partial charge in [0, 0.05) is 18.5 Å². The zero-order chi connectivity index (χ0) is 25.7. The number of nitrogens with zero attached hydrogens (tertiary/aromatic N) is 1. The zero-order valence-corrected chi connectivity index (χ0v) is 23.0. The van der Waals surface area contributed by atoms with Gasteiger partial charge in [-0.15, -0.1) is 0 Å². The van der Waals surface area contributed by atoms with Gasteiger partial charge in [-0.1, -0.05) is 81.2 Å². The maximum absolute atomic E-state index is 13.5. The molecule has 1 N–H and O–H groups in total. The van der Waals surface area contributed by atoms with Crippen molar-refractivity contribution in [3.05, 3.63) is 69.2 Å². The van der Waals surface area contributed by atoms with Gasteiger partial charge in [-0.25, -0.2) is 0 Å². The first-order chi connectivity index (χ1) is 15.7. The highest BCUT2D eigenvalue weighted by atomic mass is 35.5. The van der Waals surface area contributed by atoms with Crippen LogP contribution in [0.15, 0.2) is 42.5 Å². The van der Waals surface area contributed by atoms with Crippen molar-refractivity contribution >= 4 is 35.0 Å². The summed E-state index contributed by atoms with van der Waals surface area (Å²) in [5.74, 6) is -0.222. The summed E-state index contributed by atoms with van der Waals surface area (Å²) >= 11 is 12.3. The van der Waals surface area contributed by atoms with Crippen molar-refractivity contribution in [1.29, 1.82) is 0 Å². The highest BCUT2D eigenvalue weighted by Gasteiger charge is 2.30. The van der Waals surface area contributed by atoms with Crippen molar-refractivity contribution in [2.45, 2.75) is 91.3 Å². The van der Waals surface area contributed by atoms with Crippen LogP contribution in [0.5, 0.6) is 0 Å². The first-order valence-corrected chi connectivity index (χ1v) is 12.6. The van der Waals surface area contributed by atoms with E-state index in [1.54, 1.807) is 17.0 Å². The summed E-state index contributed by atoms with van der Waals surface area (Å²) in [6.07, 6.45) is 1.43. The number of rotatable bonds is 8. The number of halogens is 2. The van der Waals surface area contributed by atoms with E-state index in [1.165, 1.54) is 5.56 Å². The van der Waals surface area contributed by atoms with Gasteiger partial charge in [0.05, 0.1) is 10.0 Å². The van der Waals surface area contributed by atoms with E-state index in [0.717, 1.165) is 11.1 Å². The second-order valence-corrected chi connectivity index (χ2v) is 11.7. The lowest BCUT2D eigenvalue weighted by atomic mass is 9.86. The second-order valence-electron chi connectivity index (χ2n) is 10.9. The van der Waals surface area contributed by atoms with Crippen LogP contribution in [0.4, 0.5) is 0 Å². The van der Waals surface area contributed by atoms with Gasteiger partial charge < -0.3 is 10.2 Å². The number of hydrogen-bond donors (Lipinski definition) is 1. The smallest absolute Gasteiger partial charge is 0.243 e. The van der Waals surface area contributed by atoms with Crippen LogP contribution in [-0.2, 0) is 28.0 Å². The lowest BCUT2D eigenvalue weighted by molar-refractivity contribution is -0.142. The topological polar surface area (TPSA) is 49.4 Å². The molecule has 0 bridgehead atoms. The largest absolute Gasteiger partial charge is 0.350 e. The van der Waals surface area contributed by atoms with Crippen molar-refractivity contribution in [1.82, 2.24) is 10.2 Å². The average Bonchev–Trinajstić information content (AvgIpc) is 2.72. The first kappa shape index (κ1) is 28.2. The minimum Gasteiger partial charge on any atom is -0.350 e. The lowest BCUT2D eigenvalue weighted by Gasteiger charge is -2.33. The van der Waals surface area contributed by atoms with Crippen molar-refractivity contribution < 1.29 is 9.59 Å². The van der Waals surface area contributed by atoms with Crippen LogP contribution >= 0.6 is 23.2 Å². The molecule has 6 heteroatoms. The molecule has 0 unspecified atom stereocenters. The molecule has 1 atom stereocenters. The molecule has 0 aliphatic heterocycles. The molecule has 2 rings (SSSR count). The van der Waals surface area contributed by atoms with Gasteiger partial charge in [0.25, 0.3) is 0 Å². The summed E-state index contributed by atoms with van der Waals surface area (Å²) < 4.78 is 0. The molecule has 0 fully saturated rings. The number of aryl methyl sites for hydroxylation is 1. The van der Waals surface area contributed by atoms with Gasteiger partial charge in [-0.05, 0) is 67.9 Å². The Bertz CT molecular complexity index is 989. The van der Waals surface area contributed by atoms with Gasteiger partial charge in [-0.2, -0.15) is 0 Å². The molecular formula is C28H38Cl2N2O2. The van der Waals surface area contributed by atoms with Gasteiger partial charge in [0.15, 0.2) is 0 Å². The lowest BCUT2D eigenvalue weighted by Crippen LogP contribution is -2.53. The van der Waals surface area contributed by atoms with Gasteiger partial charge >= 0.3 is 0 Å². The van der Waals surface area contributed by atoms with E-state index < -0.39 is 11.6 Å². The fourth-order valence-corrected chi connectivity index (χ4v) is 4.09. The summed E-state index contributed by atoms with van der Waals surface area (Å²) in [5, 5.41) is 3.91. The quantitative estimate of drug-likeness (QED) is 0.422. The molecule has 34 heavy (non-hydrogen) atoms. The van der Waals surface area contributed by atoms with Crippen LogP contribution in [0.2, 0.25) is 10.0 Å². The van der Waals surface area contributed by atoms with E-state index in [9.17, 15) is 9.59 Å². The summed E-state index contributed by atoms with van der Waals surface area (Å²) in [7, 11) is 0. The Kier molecular flexibility index (Phi) is 9.62. The van der Waals surface area contributed by atoms with Crippen LogP contribution in [0.25, 0.3) is 0 Å². The Labute approximate surface area is 215 Å². The number of carbonyl (C=O) groups excluding carboxylic acids is 2. The molecule has 0 spiro atoms. The van der Waals surface area contributed by atoms with Crippen LogP contribution in [0, 0.1) is 0 Å². The number of amides is 2. The first-order valence-electron chi connectivity index (χ1n) is 11.9. The Morgan fingerprint density at radius 2 is 1.50 bits per heavy atom. The Morgan fingerprint density at radius 1 is 0.912 bits per heavy atom. The van der Waals surface area contributed by atoms with Crippen LogP contribution in [0.1, 0.15) is 78.0 Å². The standard InChI is InChI=1S/C28H38Cl2N2O2/c1-8-24(26(34)31-28(5,6)7)32(18-20-11-15-22(29)23(30)17-20)25(33)16-12-19-9-13-21(14-10-19)27(2,3)4/h9-11,13-15,17,24H,8,12,16,18H2,1-7H3,(H,31,34)/t24-/m0/s1. The Balaban J connectivity index is 2.24. The summed E-state index contributed by atoms with van der Waals surface area (Å²) in [6, 6.07) is 13.1. The molecule has 2 aromatic carbocycles. The number of nitrogens with one attached hydrogen (secondary N) is 1. The fraction of sp³-hybridized carbons (Fsp3) is 0.500. The van der Waals surface area contributed by atoms with Gasteiger partial charge in [-0.3, -0.25) is 9.59 Å². The molecule has 2 amide bonds. The van der Waals surface area contributed by atoms with Crippen molar-refractivity contribution in [3.8, 4) is 0 Å². The van der Waals surface area contributed by atoms with Crippen LogP contribution in [-0.4, -0.2) is 28.3 Å². The molecule has 0 aliphatic carbocycles. The molecule has 0 aliphatic rings. The SMILES string of the molecule is CC[C@@H](C(=O)NC(C)(C)C)N(Cc1ccc(Cl)c(Cl)c1)C(=O)CCc1ccc(C(C)(C)C)cc1. The maximum atomic E-state index is 13.5. The Hall–Kier alpha value is -2.04. The van der Waals surface area contributed by atoms with Crippen LogP contribution in [0.3, 0.4) is 0 Å². The molecule has 4 nitrogen and oxygen atoms in total. The predicted octanol–water partition coefficient (Wildman–Crippen LogP) is 6.95. The number of benzene rings is 2. The maximum Gasteiger partial charge on any atom is 0.243 e. The number of hydrogen-bond acceptors (Lipinski definition) is 2. The van der Waals surface area contributed by atoms with E-state index >= 15 is 0 Å². The molecule has 186 valence electrons. The summed E-state index contributed by atoms with van der Waals surface area (Å²) in [5.41, 5.74) is 2.88. The Morgan fingerprint density at radius 3 is 2.00 bits per heavy atom. The van der Waals surface area contributed by atoms with E-state index in [4.69, 9.17) is 23.2 Å². The molecule has 0 saturated heterocycles. The van der Waals surface area contributed by atoms with E-state index in [0.29, 0.717) is 29.3 Å². The normalized spacial score (nSPS) is 12.9. The predicted molar refractivity (Wildman–Crippen MR) is 142 cm³/mol. The minimum atomic E-state index is -0.579. The van der Waals surface area contributed by atoms with Crippen molar-refractivity contribution in [2.75, 3.05) is 0 Å². The molecule has 0 heterocycles. The summed E-state index contributed by atoms with van der Waals surface area (Å²) in [4.78, 5) is 28.2. The molecule has 0 radical (unpaired) electrons. The molecule has 0 aromatic heterocycles. The zero-order valence-electron chi connectivity index (χ0n) is 21.5. The highest BCUT2D eigenvalue weighted by Crippen LogP contribution is 2.25. The fourth-order valence-electron chi connectivity index (χ4n) is 3.77. The van der Waals surface area contributed by atoms with Gasteiger partial charge in [0.1, 0.15) is 6.04 Å². The minimum absolute atomic E-state index is 0.0677. The number of carbonyl (C=O) groups is 2. The third kappa shape index (κ3) is 8.32. The third-order valence-corrected chi connectivity index (χ3v) is 6.41. The van der Waals surface area contributed by atoms with E-state index in [-0.39, 0.29) is 23.8 Å². The van der Waals surface area contributed by atoms with Crippen molar-refractivity contribution in [3.63, 3.8) is 0 Å². The molecular weight excluding hydrogens is 467 g/mol. The average molecular weight is 506 g/mol. The van der Waals surface area contributed by atoms with E-state index in [2.05, 4.69) is 50.4 Å². The molecule has 0 saturated carbocycles. The molecule has 2 aromatic rings. The summed E-state index contributed by atoms with van der Waals surface area (Å²) in [6.45, 7) is 14.6. The third-order valence-electron chi connectivity index (χ3n) is 5.67. The van der Waals surface area contributed by atoms with Crippen molar-refractivity contribution in [2.24, 2.45) is 0 Å². The van der Waals surface area contributed by atoms with Crippen LogP contribution < -0.4 is 5.32 Å². The highest BCUT2D eigenvalue weighted by molar-refractivity contribution is 6.42. The second kappa shape index (κ2) is 11.6. The van der Waals surface area contributed by atoms with E-state index in [1.807, 2.05) is 33.8 Å².